The van der Waals surface area contributed by atoms with Crippen LogP contribution in [-0.2, 0) is 4.79 Å². The van der Waals surface area contributed by atoms with Gasteiger partial charge in [0.2, 0.25) is 5.91 Å². The van der Waals surface area contributed by atoms with Crippen molar-refractivity contribution in [1.82, 2.24) is 0 Å². The van der Waals surface area contributed by atoms with E-state index < -0.39 is 11.9 Å². The number of carbonyl (C=O) groups excluding carboxylic acids is 1. The van der Waals surface area contributed by atoms with E-state index in [1.54, 1.807) is 11.0 Å². The molecular weight excluding hydrogens is 309 g/mol. The second-order valence-electron chi connectivity index (χ2n) is 5.82. The SMILES string of the molecule is O=C(CCCOc1ccccc1)N1CCC(O)c2cc(F)ccc21. The lowest BCUT2D eigenvalue weighted by molar-refractivity contribution is -0.119. The highest BCUT2D eigenvalue weighted by Gasteiger charge is 2.27. The lowest BCUT2D eigenvalue weighted by Crippen LogP contribution is -2.36. The standard InChI is InChI=1S/C19H20FNO3/c20-14-8-9-17-16(13-14)18(22)10-11-21(17)19(23)7-4-12-24-15-5-2-1-3-6-15/h1-3,5-6,8-9,13,18,22H,4,7,10-12H2. The first-order chi connectivity index (χ1) is 11.6. The molecule has 0 saturated heterocycles. The Bertz CT molecular complexity index is 705. The van der Waals surface area contributed by atoms with E-state index in [1.165, 1.54) is 12.1 Å². The predicted octanol–water partition coefficient (Wildman–Crippen LogP) is 3.46. The highest BCUT2D eigenvalue weighted by Crippen LogP contribution is 2.34. The van der Waals surface area contributed by atoms with Gasteiger partial charge in [0.25, 0.3) is 0 Å². The van der Waals surface area contributed by atoms with Crippen LogP contribution < -0.4 is 9.64 Å². The van der Waals surface area contributed by atoms with Gasteiger partial charge in [0.1, 0.15) is 11.6 Å². The molecule has 2 aromatic rings. The van der Waals surface area contributed by atoms with Crippen LogP contribution in [0.1, 0.15) is 30.9 Å². The van der Waals surface area contributed by atoms with Crippen LogP contribution in [0.2, 0.25) is 0 Å². The molecule has 1 aliphatic rings. The molecule has 1 heterocycles. The highest BCUT2D eigenvalue weighted by atomic mass is 19.1. The molecule has 0 fully saturated rings. The van der Waals surface area contributed by atoms with Crippen LogP contribution in [0.15, 0.2) is 48.5 Å². The molecule has 0 saturated carbocycles. The van der Waals surface area contributed by atoms with Crippen molar-refractivity contribution >= 4 is 11.6 Å². The van der Waals surface area contributed by atoms with Crippen molar-refractivity contribution in [2.24, 2.45) is 0 Å². The van der Waals surface area contributed by atoms with Crippen LogP contribution in [0.3, 0.4) is 0 Å². The maximum Gasteiger partial charge on any atom is 0.227 e. The first kappa shape index (κ1) is 16.5. The summed E-state index contributed by atoms with van der Waals surface area (Å²) in [6.45, 7) is 0.903. The molecule has 0 aliphatic carbocycles. The van der Waals surface area contributed by atoms with E-state index in [9.17, 15) is 14.3 Å². The zero-order valence-corrected chi connectivity index (χ0v) is 13.3. The molecule has 3 rings (SSSR count). The lowest BCUT2D eigenvalue weighted by Gasteiger charge is -2.32. The number of amides is 1. The number of nitrogens with zero attached hydrogens (tertiary/aromatic N) is 1. The summed E-state index contributed by atoms with van der Waals surface area (Å²) in [5.74, 6) is 0.344. The molecule has 24 heavy (non-hydrogen) atoms. The Morgan fingerprint density at radius 2 is 2.04 bits per heavy atom. The first-order valence-electron chi connectivity index (χ1n) is 8.11. The molecule has 4 nitrogen and oxygen atoms in total. The molecule has 0 aromatic heterocycles. The second kappa shape index (κ2) is 7.45. The summed E-state index contributed by atoms with van der Waals surface area (Å²) in [5, 5.41) is 10.0. The molecule has 1 atom stereocenters. The number of fused-ring (bicyclic) bond motifs is 1. The van der Waals surface area contributed by atoms with Crippen molar-refractivity contribution in [2.45, 2.75) is 25.4 Å². The molecule has 5 heteroatoms. The fourth-order valence-corrected chi connectivity index (χ4v) is 2.89. The lowest BCUT2D eigenvalue weighted by atomic mass is 9.98. The Kier molecular flexibility index (Phi) is 5.11. The third kappa shape index (κ3) is 3.74. The third-order valence-corrected chi connectivity index (χ3v) is 4.11. The molecule has 1 aliphatic heterocycles. The Morgan fingerprint density at radius 3 is 2.83 bits per heavy atom. The van der Waals surface area contributed by atoms with Crippen molar-refractivity contribution in [3.63, 3.8) is 0 Å². The van der Waals surface area contributed by atoms with E-state index in [0.717, 1.165) is 5.75 Å². The molecule has 0 spiro atoms. The number of halogens is 1. The van der Waals surface area contributed by atoms with Gasteiger partial charge in [0.15, 0.2) is 0 Å². The Balaban J connectivity index is 1.57. The summed E-state index contributed by atoms with van der Waals surface area (Å²) in [5.41, 5.74) is 1.08. The molecule has 1 N–H and O–H groups in total. The van der Waals surface area contributed by atoms with Crippen LogP contribution in [0, 0.1) is 5.82 Å². The van der Waals surface area contributed by atoms with Gasteiger partial charge in [-0.25, -0.2) is 4.39 Å². The number of anilines is 1. The summed E-state index contributed by atoms with van der Waals surface area (Å²) in [7, 11) is 0. The van der Waals surface area contributed by atoms with Crippen LogP contribution in [-0.4, -0.2) is 24.2 Å². The summed E-state index contributed by atoms with van der Waals surface area (Å²) in [6.07, 6.45) is 0.646. The van der Waals surface area contributed by atoms with Gasteiger partial charge in [-0.05, 0) is 43.2 Å². The summed E-state index contributed by atoms with van der Waals surface area (Å²) in [6, 6.07) is 13.6. The molecule has 1 amide bonds. The number of hydrogen-bond donors (Lipinski definition) is 1. The zero-order chi connectivity index (χ0) is 16.9. The summed E-state index contributed by atoms with van der Waals surface area (Å²) in [4.78, 5) is 14.1. The number of aliphatic hydroxyl groups is 1. The van der Waals surface area contributed by atoms with E-state index in [2.05, 4.69) is 0 Å². The number of rotatable bonds is 5. The number of aliphatic hydroxyl groups excluding tert-OH is 1. The summed E-state index contributed by atoms with van der Waals surface area (Å²) < 4.78 is 19.0. The number of carbonyl (C=O) groups is 1. The predicted molar refractivity (Wildman–Crippen MR) is 89.5 cm³/mol. The van der Waals surface area contributed by atoms with Gasteiger partial charge in [-0.2, -0.15) is 0 Å². The van der Waals surface area contributed by atoms with Gasteiger partial charge >= 0.3 is 0 Å². The number of hydrogen-bond acceptors (Lipinski definition) is 3. The van der Waals surface area contributed by atoms with E-state index in [0.29, 0.717) is 43.7 Å². The normalized spacial score (nSPS) is 16.6. The van der Waals surface area contributed by atoms with Crippen molar-refractivity contribution < 1.29 is 19.0 Å². The minimum atomic E-state index is -0.721. The second-order valence-corrected chi connectivity index (χ2v) is 5.82. The molecule has 0 radical (unpaired) electrons. The largest absolute Gasteiger partial charge is 0.494 e. The van der Waals surface area contributed by atoms with Crippen LogP contribution in [0.4, 0.5) is 10.1 Å². The topological polar surface area (TPSA) is 49.8 Å². The maximum atomic E-state index is 13.4. The maximum absolute atomic E-state index is 13.4. The summed E-state index contributed by atoms with van der Waals surface area (Å²) >= 11 is 0. The fraction of sp³-hybridized carbons (Fsp3) is 0.316. The van der Waals surface area contributed by atoms with E-state index in [1.807, 2.05) is 30.3 Å². The van der Waals surface area contributed by atoms with Crippen molar-refractivity contribution in [3.05, 3.63) is 59.9 Å². The van der Waals surface area contributed by atoms with Crippen LogP contribution in [0.25, 0.3) is 0 Å². The van der Waals surface area contributed by atoms with Gasteiger partial charge in [-0.1, -0.05) is 18.2 Å². The van der Waals surface area contributed by atoms with E-state index >= 15 is 0 Å². The number of benzene rings is 2. The zero-order valence-electron chi connectivity index (χ0n) is 13.3. The molecule has 2 aromatic carbocycles. The van der Waals surface area contributed by atoms with E-state index in [-0.39, 0.29) is 5.91 Å². The van der Waals surface area contributed by atoms with Crippen molar-refractivity contribution in [3.8, 4) is 5.75 Å². The van der Waals surface area contributed by atoms with Crippen molar-refractivity contribution in [1.29, 1.82) is 0 Å². The van der Waals surface area contributed by atoms with Crippen LogP contribution >= 0.6 is 0 Å². The molecule has 1 unspecified atom stereocenters. The third-order valence-electron chi connectivity index (χ3n) is 4.11. The Labute approximate surface area is 140 Å². The van der Waals surface area contributed by atoms with Gasteiger partial charge in [0, 0.05) is 24.2 Å². The highest BCUT2D eigenvalue weighted by molar-refractivity contribution is 5.94. The smallest absolute Gasteiger partial charge is 0.227 e. The van der Waals surface area contributed by atoms with Crippen molar-refractivity contribution in [2.75, 3.05) is 18.1 Å². The minimum Gasteiger partial charge on any atom is -0.494 e. The average Bonchev–Trinajstić information content (AvgIpc) is 2.60. The monoisotopic (exact) mass is 329 g/mol. The Hall–Kier alpha value is -2.40. The number of para-hydroxylation sites is 1. The molecule has 0 bridgehead atoms. The molecular formula is C19H20FNO3. The minimum absolute atomic E-state index is 0.0357. The molecule has 126 valence electrons. The Morgan fingerprint density at radius 1 is 1.25 bits per heavy atom. The fourth-order valence-electron chi connectivity index (χ4n) is 2.89. The number of ether oxygens (including phenoxy) is 1. The van der Waals surface area contributed by atoms with Gasteiger partial charge < -0.3 is 14.7 Å². The quantitative estimate of drug-likeness (QED) is 0.855. The van der Waals surface area contributed by atoms with Crippen LogP contribution in [0.5, 0.6) is 5.75 Å². The van der Waals surface area contributed by atoms with Gasteiger partial charge in [0.05, 0.1) is 12.7 Å². The average molecular weight is 329 g/mol. The first-order valence-corrected chi connectivity index (χ1v) is 8.11. The van der Waals surface area contributed by atoms with E-state index in [4.69, 9.17) is 4.74 Å². The van der Waals surface area contributed by atoms with Gasteiger partial charge in [-0.3, -0.25) is 4.79 Å². The van der Waals surface area contributed by atoms with Gasteiger partial charge in [-0.15, -0.1) is 0 Å².